The van der Waals surface area contributed by atoms with Crippen LogP contribution < -0.4 is 10.6 Å². The Hall–Kier alpha value is -2.13. The van der Waals surface area contributed by atoms with Crippen LogP contribution in [-0.2, 0) is 17.6 Å². The number of piperidine rings is 1. The Morgan fingerprint density at radius 2 is 1.38 bits per heavy atom. The number of rotatable bonds is 11. The first-order chi connectivity index (χ1) is 14.3. The summed E-state index contributed by atoms with van der Waals surface area (Å²) in [6, 6.07) is 21.2. The molecular weight excluding hydrogens is 356 g/mol. The maximum absolute atomic E-state index is 12.9. The van der Waals surface area contributed by atoms with E-state index in [9.17, 15) is 4.79 Å². The largest absolute Gasteiger partial charge is 0.356 e. The highest BCUT2D eigenvalue weighted by Crippen LogP contribution is 2.19. The molecule has 0 atom stereocenters. The Balaban J connectivity index is 1.47. The lowest BCUT2D eigenvalue weighted by molar-refractivity contribution is -0.125. The first-order valence-electron chi connectivity index (χ1n) is 11.4. The van der Waals surface area contributed by atoms with Crippen molar-refractivity contribution in [2.45, 2.75) is 51.4 Å². The molecule has 0 aromatic heterocycles. The fraction of sp³-hybridized carbons (Fsp3) is 0.500. The van der Waals surface area contributed by atoms with Crippen LogP contribution >= 0.6 is 0 Å². The van der Waals surface area contributed by atoms with Crippen molar-refractivity contribution in [2.75, 3.05) is 19.6 Å². The molecule has 156 valence electrons. The van der Waals surface area contributed by atoms with Gasteiger partial charge in [0.25, 0.3) is 0 Å². The number of nitrogens with one attached hydrogen (secondary N) is 2. The molecule has 0 aliphatic carbocycles. The van der Waals surface area contributed by atoms with Crippen LogP contribution in [0.1, 0.15) is 49.7 Å². The molecule has 0 saturated carbocycles. The number of hydrogen-bond donors (Lipinski definition) is 2. The SMILES string of the molecule is O=C(NCC1CCNCC1)C(CCCc1ccccc1)CCCc1ccccc1. The highest BCUT2D eigenvalue weighted by Gasteiger charge is 2.20. The van der Waals surface area contributed by atoms with Gasteiger partial charge in [0, 0.05) is 12.5 Å². The summed E-state index contributed by atoms with van der Waals surface area (Å²) in [6.07, 6.45) is 8.54. The summed E-state index contributed by atoms with van der Waals surface area (Å²) < 4.78 is 0. The summed E-state index contributed by atoms with van der Waals surface area (Å²) in [6.45, 7) is 3.00. The van der Waals surface area contributed by atoms with Gasteiger partial charge >= 0.3 is 0 Å². The van der Waals surface area contributed by atoms with Crippen LogP contribution in [0.5, 0.6) is 0 Å². The topological polar surface area (TPSA) is 41.1 Å². The molecule has 0 radical (unpaired) electrons. The molecule has 2 aromatic rings. The van der Waals surface area contributed by atoms with E-state index < -0.39 is 0 Å². The molecule has 1 aliphatic heterocycles. The Labute approximate surface area is 176 Å². The van der Waals surface area contributed by atoms with Crippen LogP contribution in [0, 0.1) is 11.8 Å². The summed E-state index contributed by atoms with van der Waals surface area (Å²) in [7, 11) is 0. The third kappa shape index (κ3) is 8.02. The van der Waals surface area contributed by atoms with Gasteiger partial charge in [-0.3, -0.25) is 4.79 Å². The van der Waals surface area contributed by atoms with Gasteiger partial charge in [-0.25, -0.2) is 0 Å². The van der Waals surface area contributed by atoms with Crippen LogP contribution in [0.15, 0.2) is 60.7 Å². The zero-order chi connectivity index (χ0) is 20.2. The second-order valence-corrected chi connectivity index (χ2v) is 8.39. The second-order valence-electron chi connectivity index (χ2n) is 8.39. The summed E-state index contributed by atoms with van der Waals surface area (Å²) in [4.78, 5) is 12.9. The highest BCUT2D eigenvalue weighted by atomic mass is 16.1. The third-order valence-electron chi connectivity index (χ3n) is 6.12. The monoisotopic (exact) mass is 392 g/mol. The Morgan fingerprint density at radius 3 is 1.90 bits per heavy atom. The maximum Gasteiger partial charge on any atom is 0.223 e. The molecule has 29 heavy (non-hydrogen) atoms. The molecule has 1 aliphatic rings. The zero-order valence-corrected chi connectivity index (χ0v) is 17.6. The fourth-order valence-electron chi connectivity index (χ4n) is 4.28. The van der Waals surface area contributed by atoms with E-state index in [2.05, 4.69) is 71.3 Å². The van der Waals surface area contributed by atoms with E-state index in [1.165, 1.54) is 24.0 Å². The van der Waals surface area contributed by atoms with E-state index in [1.54, 1.807) is 0 Å². The van der Waals surface area contributed by atoms with Gasteiger partial charge in [-0.2, -0.15) is 0 Å². The summed E-state index contributed by atoms with van der Waals surface area (Å²) >= 11 is 0. The number of carbonyl (C=O) groups is 1. The molecule has 1 fully saturated rings. The van der Waals surface area contributed by atoms with Crippen LogP contribution in [0.25, 0.3) is 0 Å². The lowest BCUT2D eigenvalue weighted by Gasteiger charge is -2.24. The molecule has 1 amide bonds. The van der Waals surface area contributed by atoms with Gasteiger partial charge in [0.2, 0.25) is 5.91 Å². The Bertz CT molecular complexity index is 650. The number of benzene rings is 2. The van der Waals surface area contributed by atoms with Crippen molar-refractivity contribution in [1.29, 1.82) is 0 Å². The average Bonchev–Trinajstić information content (AvgIpc) is 2.78. The number of hydrogen-bond acceptors (Lipinski definition) is 2. The number of amides is 1. The standard InChI is InChI=1S/C26H36N2O/c29-26(28-21-24-17-19-27-20-18-24)25(15-7-13-22-9-3-1-4-10-22)16-8-14-23-11-5-2-6-12-23/h1-6,9-12,24-25,27H,7-8,13-21H2,(H,28,29). The van der Waals surface area contributed by atoms with Crippen molar-refractivity contribution in [3.63, 3.8) is 0 Å². The first kappa shape index (κ1) is 21.6. The van der Waals surface area contributed by atoms with Crippen molar-refractivity contribution in [3.05, 3.63) is 71.8 Å². The first-order valence-corrected chi connectivity index (χ1v) is 11.4. The number of carbonyl (C=O) groups excluding carboxylic acids is 1. The van der Waals surface area contributed by atoms with E-state index in [1.807, 2.05) is 0 Å². The van der Waals surface area contributed by atoms with Gasteiger partial charge < -0.3 is 10.6 Å². The summed E-state index contributed by atoms with van der Waals surface area (Å²) in [5, 5.41) is 6.68. The molecule has 0 bridgehead atoms. The molecule has 1 heterocycles. The average molecular weight is 393 g/mol. The van der Waals surface area contributed by atoms with Crippen LogP contribution in [-0.4, -0.2) is 25.5 Å². The molecule has 3 nitrogen and oxygen atoms in total. The van der Waals surface area contributed by atoms with Crippen LogP contribution in [0.2, 0.25) is 0 Å². The van der Waals surface area contributed by atoms with Crippen molar-refractivity contribution in [1.82, 2.24) is 10.6 Å². The highest BCUT2D eigenvalue weighted by molar-refractivity contribution is 5.78. The lowest BCUT2D eigenvalue weighted by Crippen LogP contribution is -2.38. The molecule has 2 N–H and O–H groups in total. The maximum atomic E-state index is 12.9. The number of aryl methyl sites for hydroxylation is 2. The predicted molar refractivity (Wildman–Crippen MR) is 121 cm³/mol. The molecular formula is C26H36N2O. The van der Waals surface area contributed by atoms with Gasteiger partial charge in [0.15, 0.2) is 0 Å². The van der Waals surface area contributed by atoms with Gasteiger partial charge in [-0.15, -0.1) is 0 Å². The van der Waals surface area contributed by atoms with Gasteiger partial charge in [0.1, 0.15) is 0 Å². The fourth-order valence-corrected chi connectivity index (χ4v) is 4.28. The lowest BCUT2D eigenvalue weighted by atomic mass is 9.92. The van der Waals surface area contributed by atoms with Gasteiger partial charge in [-0.05, 0) is 81.5 Å². The van der Waals surface area contributed by atoms with Crippen LogP contribution in [0.4, 0.5) is 0 Å². The smallest absolute Gasteiger partial charge is 0.223 e. The van der Waals surface area contributed by atoms with Gasteiger partial charge in [0.05, 0.1) is 0 Å². The molecule has 3 rings (SSSR count). The Kier molecular flexibility index (Phi) is 9.25. The summed E-state index contributed by atoms with van der Waals surface area (Å²) in [5.41, 5.74) is 2.73. The summed E-state index contributed by atoms with van der Waals surface area (Å²) in [5.74, 6) is 1.03. The van der Waals surface area contributed by atoms with Crippen molar-refractivity contribution in [3.8, 4) is 0 Å². The molecule has 2 aromatic carbocycles. The van der Waals surface area contributed by atoms with E-state index in [0.29, 0.717) is 5.92 Å². The predicted octanol–water partition coefficient (Wildman–Crippen LogP) is 4.76. The molecule has 0 unspecified atom stereocenters. The van der Waals surface area contributed by atoms with Crippen molar-refractivity contribution < 1.29 is 4.79 Å². The quantitative estimate of drug-likeness (QED) is 0.579. The van der Waals surface area contributed by atoms with Crippen LogP contribution in [0.3, 0.4) is 0 Å². The van der Waals surface area contributed by atoms with E-state index in [0.717, 1.165) is 58.2 Å². The Morgan fingerprint density at radius 1 is 0.862 bits per heavy atom. The minimum absolute atomic E-state index is 0.129. The van der Waals surface area contributed by atoms with Gasteiger partial charge in [-0.1, -0.05) is 60.7 Å². The normalized spacial score (nSPS) is 14.8. The molecule has 3 heteroatoms. The zero-order valence-electron chi connectivity index (χ0n) is 17.6. The molecule has 1 saturated heterocycles. The third-order valence-corrected chi connectivity index (χ3v) is 6.12. The minimum Gasteiger partial charge on any atom is -0.356 e. The van der Waals surface area contributed by atoms with E-state index >= 15 is 0 Å². The minimum atomic E-state index is 0.129. The van der Waals surface area contributed by atoms with Crippen molar-refractivity contribution in [2.24, 2.45) is 11.8 Å². The molecule has 0 spiro atoms. The van der Waals surface area contributed by atoms with Crippen molar-refractivity contribution >= 4 is 5.91 Å². The second kappa shape index (κ2) is 12.4. The van der Waals surface area contributed by atoms with E-state index in [-0.39, 0.29) is 11.8 Å². The van der Waals surface area contributed by atoms with E-state index in [4.69, 9.17) is 0 Å².